The highest BCUT2D eigenvalue weighted by Crippen LogP contribution is 2.28. The van der Waals surface area contributed by atoms with Gasteiger partial charge in [-0.2, -0.15) is 0 Å². The second-order valence-electron chi connectivity index (χ2n) is 10.9. The number of alkyl carbamates (subject to hydrolysis) is 1. The molecule has 37 heavy (non-hydrogen) atoms. The van der Waals surface area contributed by atoms with E-state index in [0.29, 0.717) is 0 Å². The van der Waals surface area contributed by atoms with Gasteiger partial charge >= 0.3 is 6.09 Å². The third kappa shape index (κ3) is 9.37. The van der Waals surface area contributed by atoms with Crippen molar-refractivity contribution < 1.29 is 23.9 Å². The van der Waals surface area contributed by atoms with Crippen LogP contribution >= 0.6 is 0 Å². The molecule has 1 aromatic rings. The molecule has 1 aliphatic rings. The van der Waals surface area contributed by atoms with Crippen molar-refractivity contribution in [3.8, 4) is 0 Å². The zero-order chi connectivity index (χ0) is 27.8. The van der Waals surface area contributed by atoms with Crippen LogP contribution in [0.3, 0.4) is 0 Å². The largest absolute Gasteiger partial charge is 0.444 e. The highest BCUT2D eigenvalue weighted by Gasteiger charge is 2.37. The zero-order valence-electron chi connectivity index (χ0n) is 23.2. The molecule has 1 saturated carbocycles. The molecule has 0 bridgehead atoms. The maximum Gasteiger partial charge on any atom is 0.408 e. The Morgan fingerprint density at radius 2 is 1.76 bits per heavy atom. The Morgan fingerprint density at radius 3 is 2.30 bits per heavy atom. The van der Waals surface area contributed by atoms with Crippen molar-refractivity contribution in [3.63, 3.8) is 0 Å². The quantitative estimate of drug-likeness (QED) is 0.435. The van der Waals surface area contributed by atoms with Gasteiger partial charge in [0.1, 0.15) is 17.7 Å². The summed E-state index contributed by atoms with van der Waals surface area (Å²) in [6.07, 6.45) is 4.21. The lowest BCUT2D eigenvalue weighted by Crippen LogP contribution is -2.54. The number of primary amides is 1. The van der Waals surface area contributed by atoms with E-state index in [2.05, 4.69) is 10.6 Å². The van der Waals surface area contributed by atoms with Gasteiger partial charge in [0.15, 0.2) is 0 Å². The van der Waals surface area contributed by atoms with Crippen molar-refractivity contribution in [1.82, 2.24) is 15.5 Å². The molecular formula is C28H44N4O5. The van der Waals surface area contributed by atoms with E-state index < -0.39 is 35.6 Å². The van der Waals surface area contributed by atoms with Gasteiger partial charge in [-0.1, -0.05) is 43.0 Å². The maximum atomic E-state index is 13.9. The number of nitrogens with two attached hydrogens (primary N) is 1. The summed E-state index contributed by atoms with van der Waals surface area (Å²) in [6, 6.07) is 3.87. The molecule has 2 rings (SSSR count). The molecule has 0 saturated heterocycles. The van der Waals surface area contributed by atoms with Crippen LogP contribution in [0.4, 0.5) is 4.79 Å². The van der Waals surface area contributed by atoms with Gasteiger partial charge in [-0.3, -0.25) is 14.4 Å². The number of hydrogen-bond acceptors (Lipinski definition) is 5. The highest BCUT2D eigenvalue weighted by molar-refractivity contribution is 5.92. The molecule has 0 heterocycles. The van der Waals surface area contributed by atoms with Gasteiger partial charge in [0, 0.05) is 19.0 Å². The van der Waals surface area contributed by atoms with Crippen LogP contribution in [0.1, 0.15) is 95.4 Å². The Kier molecular flexibility index (Phi) is 10.9. The number of rotatable bonds is 10. The van der Waals surface area contributed by atoms with Crippen molar-refractivity contribution in [2.75, 3.05) is 6.54 Å². The Morgan fingerprint density at radius 1 is 1.11 bits per heavy atom. The van der Waals surface area contributed by atoms with Gasteiger partial charge in [-0.05, 0) is 71.9 Å². The van der Waals surface area contributed by atoms with E-state index in [1.165, 1.54) is 4.90 Å². The number of benzene rings is 1. The summed E-state index contributed by atoms with van der Waals surface area (Å²) in [5.74, 6) is -1.31. The summed E-state index contributed by atoms with van der Waals surface area (Å²) in [5.41, 5.74) is 7.24. The van der Waals surface area contributed by atoms with Crippen LogP contribution < -0.4 is 16.4 Å². The molecule has 0 aliphatic heterocycles. The van der Waals surface area contributed by atoms with Crippen LogP contribution in [-0.4, -0.2) is 52.9 Å². The van der Waals surface area contributed by atoms with Gasteiger partial charge in [0.25, 0.3) is 0 Å². The molecule has 2 atom stereocenters. The second-order valence-corrected chi connectivity index (χ2v) is 10.9. The first-order valence-electron chi connectivity index (χ1n) is 13.3. The summed E-state index contributed by atoms with van der Waals surface area (Å²) in [4.78, 5) is 53.2. The van der Waals surface area contributed by atoms with Crippen LogP contribution in [0.5, 0.6) is 0 Å². The lowest BCUT2D eigenvalue weighted by Gasteiger charge is -2.35. The minimum Gasteiger partial charge on any atom is -0.444 e. The van der Waals surface area contributed by atoms with Crippen molar-refractivity contribution >= 4 is 23.8 Å². The van der Waals surface area contributed by atoms with Crippen molar-refractivity contribution in [2.24, 2.45) is 5.73 Å². The predicted octanol–water partition coefficient (Wildman–Crippen LogP) is 3.80. The summed E-state index contributed by atoms with van der Waals surface area (Å²) in [6.45, 7) is 11.1. The molecule has 206 valence electrons. The monoisotopic (exact) mass is 516 g/mol. The number of nitrogens with one attached hydrogen (secondary N) is 2. The smallest absolute Gasteiger partial charge is 0.408 e. The minimum atomic E-state index is -1.09. The molecule has 1 aliphatic carbocycles. The Balaban J connectivity index is 2.42. The van der Waals surface area contributed by atoms with E-state index >= 15 is 0 Å². The number of carbonyl (C=O) groups is 4. The molecule has 0 radical (unpaired) electrons. The third-order valence-corrected chi connectivity index (χ3v) is 6.52. The van der Waals surface area contributed by atoms with Gasteiger partial charge < -0.3 is 26.0 Å². The first-order valence-corrected chi connectivity index (χ1v) is 13.3. The van der Waals surface area contributed by atoms with Gasteiger partial charge in [0.05, 0.1) is 0 Å². The van der Waals surface area contributed by atoms with E-state index in [4.69, 9.17) is 10.5 Å². The Hall–Kier alpha value is -3.10. The number of carbonyl (C=O) groups excluding carboxylic acids is 4. The fourth-order valence-corrected chi connectivity index (χ4v) is 4.77. The second kappa shape index (κ2) is 13.4. The topological polar surface area (TPSA) is 131 Å². The van der Waals surface area contributed by atoms with Crippen LogP contribution in [-0.2, 0) is 19.1 Å². The molecule has 2 unspecified atom stereocenters. The van der Waals surface area contributed by atoms with Crippen LogP contribution in [0, 0.1) is 13.8 Å². The Labute approximate surface area is 220 Å². The molecule has 1 fully saturated rings. The number of amides is 4. The van der Waals surface area contributed by atoms with Crippen LogP contribution in [0.15, 0.2) is 18.2 Å². The average molecular weight is 517 g/mol. The maximum absolute atomic E-state index is 13.9. The van der Waals surface area contributed by atoms with E-state index in [-0.39, 0.29) is 31.3 Å². The van der Waals surface area contributed by atoms with Gasteiger partial charge in [0.2, 0.25) is 17.7 Å². The fourth-order valence-electron chi connectivity index (χ4n) is 4.77. The summed E-state index contributed by atoms with van der Waals surface area (Å²) in [5, 5.41) is 5.77. The number of aryl methyl sites for hydroxylation is 2. The van der Waals surface area contributed by atoms with Gasteiger partial charge in [-0.15, -0.1) is 0 Å². The molecule has 0 spiro atoms. The zero-order valence-corrected chi connectivity index (χ0v) is 23.2. The first-order chi connectivity index (χ1) is 17.3. The van der Waals surface area contributed by atoms with E-state index in [1.54, 1.807) is 27.7 Å². The number of likely N-dealkylation sites (N-methyl/N-ethyl adjacent to an activating group) is 1. The van der Waals surface area contributed by atoms with Crippen LogP contribution in [0.2, 0.25) is 0 Å². The standard InChI is InChI=1S/C28H44N4O5/c1-7-32(26(35)22(15-16-23(29)33)31-27(36)37-28(4,5)6)24(21-14-13-18(2)17-19(21)3)25(34)30-20-11-9-8-10-12-20/h13-14,17,20,22,24H,7-12,15-16H2,1-6H3,(H2,29,33)(H,30,34)(H,31,36). The summed E-state index contributed by atoms with van der Waals surface area (Å²) in [7, 11) is 0. The van der Waals surface area contributed by atoms with E-state index in [0.717, 1.165) is 48.8 Å². The minimum absolute atomic E-state index is 0.00620. The molecular weight excluding hydrogens is 472 g/mol. The lowest BCUT2D eigenvalue weighted by molar-refractivity contribution is -0.142. The average Bonchev–Trinajstić information content (AvgIpc) is 2.79. The summed E-state index contributed by atoms with van der Waals surface area (Å²) >= 11 is 0. The number of nitrogens with zero attached hydrogens (tertiary/aromatic N) is 1. The highest BCUT2D eigenvalue weighted by atomic mass is 16.6. The van der Waals surface area contributed by atoms with Crippen LogP contribution in [0.25, 0.3) is 0 Å². The van der Waals surface area contributed by atoms with E-state index in [1.807, 2.05) is 32.0 Å². The lowest BCUT2D eigenvalue weighted by atomic mass is 9.93. The van der Waals surface area contributed by atoms with Crippen molar-refractivity contribution in [1.29, 1.82) is 0 Å². The molecule has 4 amide bonds. The molecule has 9 heteroatoms. The molecule has 9 nitrogen and oxygen atoms in total. The first kappa shape index (κ1) is 30.1. The SMILES string of the molecule is CCN(C(=O)C(CCC(N)=O)NC(=O)OC(C)(C)C)C(C(=O)NC1CCCCC1)c1ccc(C)cc1C. The fraction of sp³-hybridized carbons (Fsp3) is 0.643. The number of hydrogen-bond donors (Lipinski definition) is 3. The molecule has 0 aromatic heterocycles. The van der Waals surface area contributed by atoms with E-state index in [9.17, 15) is 19.2 Å². The third-order valence-electron chi connectivity index (χ3n) is 6.52. The molecule has 1 aromatic carbocycles. The Bertz CT molecular complexity index is 966. The van der Waals surface area contributed by atoms with Crippen molar-refractivity contribution in [2.45, 2.75) is 110 Å². The molecule has 4 N–H and O–H groups in total. The van der Waals surface area contributed by atoms with Crippen molar-refractivity contribution in [3.05, 3.63) is 34.9 Å². The predicted molar refractivity (Wildman–Crippen MR) is 143 cm³/mol. The van der Waals surface area contributed by atoms with Gasteiger partial charge in [-0.25, -0.2) is 4.79 Å². The number of ether oxygens (including phenoxy) is 1. The normalized spacial score (nSPS) is 15.8. The summed E-state index contributed by atoms with van der Waals surface area (Å²) < 4.78 is 5.35.